The lowest BCUT2D eigenvalue weighted by atomic mass is 10.5. The van der Waals surface area contributed by atoms with Crippen molar-refractivity contribution >= 4 is 16.1 Å². The van der Waals surface area contributed by atoms with Gasteiger partial charge in [0.2, 0.25) is 0 Å². The fraction of sp³-hybridized carbons (Fsp3) is 0.857. The van der Waals surface area contributed by atoms with Crippen LogP contribution in [-0.4, -0.2) is 51.3 Å². The summed E-state index contributed by atoms with van der Waals surface area (Å²) in [5, 5.41) is -5.07. The molecule has 0 aromatic carbocycles. The topological polar surface area (TPSA) is 102 Å². The summed E-state index contributed by atoms with van der Waals surface area (Å²) in [5.41, 5.74) is 0. The summed E-state index contributed by atoms with van der Waals surface area (Å²) < 4.78 is 68.3. The third-order valence-corrected chi connectivity index (χ3v) is 2.21. The average molecular weight is 277 g/mol. The third-order valence-electron chi connectivity index (χ3n) is 1.42. The van der Waals surface area contributed by atoms with Gasteiger partial charge >= 0.3 is 11.2 Å². The molecule has 0 aliphatic rings. The molecule has 10 heteroatoms. The van der Waals surface area contributed by atoms with E-state index in [4.69, 9.17) is 4.74 Å². The molecular weight excluding hydrogens is 266 g/mol. The Balaban J connectivity index is 3.96. The molecule has 0 rings (SSSR count). The highest BCUT2D eigenvalue weighted by atomic mass is 32.2. The minimum absolute atomic E-state index is 0.0148. The monoisotopic (exact) mass is 277 g/mol. The van der Waals surface area contributed by atoms with E-state index in [1.165, 1.54) is 7.11 Å². The average Bonchev–Trinajstić information content (AvgIpc) is 2.21. The normalized spacial score (nSPS) is 12.5. The van der Waals surface area contributed by atoms with Gasteiger partial charge in [0.05, 0.1) is 13.2 Å². The lowest BCUT2D eigenvalue weighted by Crippen LogP contribution is -2.39. The maximum atomic E-state index is 12.5. The van der Waals surface area contributed by atoms with E-state index < -0.39 is 27.9 Å². The van der Waals surface area contributed by atoms with Gasteiger partial charge in [0.25, 0.3) is 0 Å². The molecule has 0 bridgehead atoms. The molecule has 0 atom stereocenters. The molecular formula is C7H11F2O7S-. The molecule has 0 fully saturated rings. The Morgan fingerprint density at radius 2 is 1.94 bits per heavy atom. The van der Waals surface area contributed by atoms with Crippen LogP contribution in [0.15, 0.2) is 0 Å². The lowest BCUT2D eigenvalue weighted by Gasteiger charge is -2.17. The number of halogens is 2. The van der Waals surface area contributed by atoms with Crippen LogP contribution in [0.1, 0.15) is 6.42 Å². The predicted molar refractivity (Wildman–Crippen MR) is 48.0 cm³/mol. The second-order valence-electron chi connectivity index (χ2n) is 2.78. The van der Waals surface area contributed by atoms with E-state index in [2.05, 4.69) is 9.47 Å². The van der Waals surface area contributed by atoms with E-state index in [1.54, 1.807) is 0 Å². The van der Waals surface area contributed by atoms with Crippen LogP contribution in [0.5, 0.6) is 0 Å². The Bertz CT molecular complexity index is 340. The number of rotatable bonds is 8. The van der Waals surface area contributed by atoms with Gasteiger partial charge in [0, 0.05) is 13.5 Å². The number of hydrogen-bond acceptors (Lipinski definition) is 7. The van der Waals surface area contributed by atoms with Crippen LogP contribution >= 0.6 is 0 Å². The summed E-state index contributed by atoms with van der Waals surface area (Å²) in [7, 11) is -4.69. The number of alkyl halides is 2. The van der Waals surface area contributed by atoms with Crippen molar-refractivity contribution in [3.63, 3.8) is 0 Å². The van der Waals surface area contributed by atoms with Crippen molar-refractivity contribution < 1.29 is 40.8 Å². The van der Waals surface area contributed by atoms with Crippen molar-refractivity contribution in [1.29, 1.82) is 0 Å². The zero-order chi connectivity index (χ0) is 13.5. The van der Waals surface area contributed by atoms with Gasteiger partial charge in [-0.25, -0.2) is 13.2 Å². The first-order valence-electron chi connectivity index (χ1n) is 4.30. The highest BCUT2D eigenvalue weighted by molar-refractivity contribution is 7.87. The first-order valence-corrected chi connectivity index (χ1v) is 5.71. The second-order valence-corrected chi connectivity index (χ2v) is 4.20. The van der Waals surface area contributed by atoms with Crippen molar-refractivity contribution in [1.82, 2.24) is 0 Å². The summed E-state index contributed by atoms with van der Waals surface area (Å²) in [5.74, 6) is -2.39. The number of methoxy groups -OCH3 is 1. The molecule has 102 valence electrons. The smallest absolute Gasteiger partial charge is 0.428 e. The molecule has 0 heterocycles. The Kier molecular flexibility index (Phi) is 6.45. The van der Waals surface area contributed by atoms with Crippen LogP contribution < -0.4 is 0 Å². The van der Waals surface area contributed by atoms with Crippen LogP contribution in [0.3, 0.4) is 0 Å². The highest BCUT2D eigenvalue weighted by Gasteiger charge is 2.48. The van der Waals surface area contributed by atoms with Crippen molar-refractivity contribution in [2.24, 2.45) is 0 Å². The molecule has 0 saturated carbocycles. The van der Waals surface area contributed by atoms with E-state index in [-0.39, 0.29) is 19.8 Å². The molecule has 7 nitrogen and oxygen atoms in total. The van der Waals surface area contributed by atoms with Crippen LogP contribution in [0.25, 0.3) is 0 Å². The number of carbonyl (C=O) groups is 1. The molecule has 0 aliphatic carbocycles. The van der Waals surface area contributed by atoms with Crippen LogP contribution in [0.2, 0.25) is 0 Å². The quantitative estimate of drug-likeness (QED) is 0.259. The van der Waals surface area contributed by atoms with Gasteiger partial charge in [-0.05, 0) is 0 Å². The van der Waals surface area contributed by atoms with Crippen molar-refractivity contribution in [2.45, 2.75) is 11.7 Å². The fourth-order valence-electron chi connectivity index (χ4n) is 0.654. The third kappa shape index (κ3) is 5.35. The lowest BCUT2D eigenvalue weighted by molar-refractivity contribution is -0.162. The van der Waals surface area contributed by atoms with Gasteiger partial charge in [-0.1, -0.05) is 0 Å². The molecule has 0 radical (unpaired) electrons. The highest BCUT2D eigenvalue weighted by Crippen LogP contribution is 2.21. The van der Waals surface area contributed by atoms with E-state index in [1.807, 2.05) is 0 Å². The van der Waals surface area contributed by atoms with Gasteiger partial charge in [-0.15, -0.1) is 0 Å². The van der Waals surface area contributed by atoms with Gasteiger partial charge in [-0.2, -0.15) is 8.78 Å². The minimum Gasteiger partial charge on any atom is -0.743 e. The fourth-order valence-corrected chi connectivity index (χ4v) is 0.917. The second kappa shape index (κ2) is 6.79. The van der Waals surface area contributed by atoms with Crippen molar-refractivity contribution in [3.05, 3.63) is 0 Å². The predicted octanol–water partition coefficient (Wildman–Crippen LogP) is -0.322. The van der Waals surface area contributed by atoms with E-state index in [0.29, 0.717) is 0 Å². The molecule has 0 aromatic rings. The maximum Gasteiger partial charge on any atom is 0.428 e. The van der Waals surface area contributed by atoms with E-state index in [0.717, 1.165) is 0 Å². The molecule has 0 amide bonds. The zero-order valence-electron chi connectivity index (χ0n) is 8.85. The summed E-state index contributed by atoms with van der Waals surface area (Å²) in [4.78, 5) is 10.6. The summed E-state index contributed by atoms with van der Waals surface area (Å²) in [6.07, 6.45) is 0.0596. The Hall–Kier alpha value is -0.840. The van der Waals surface area contributed by atoms with Gasteiger partial charge in [0.1, 0.15) is 6.79 Å². The molecule has 0 saturated heterocycles. The number of carbonyl (C=O) groups excluding carboxylic acids is 1. The Morgan fingerprint density at radius 3 is 2.41 bits per heavy atom. The van der Waals surface area contributed by atoms with Crippen molar-refractivity contribution in [3.8, 4) is 0 Å². The number of hydrogen-bond donors (Lipinski definition) is 0. The summed E-state index contributed by atoms with van der Waals surface area (Å²) in [6, 6.07) is 0. The van der Waals surface area contributed by atoms with Crippen LogP contribution in [-0.2, 0) is 29.1 Å². The molecule has 0 aromatic heterocycles. The maximum absolute atomic E-state index is 12.5. The zero-order valence-corrected chi connectivity index (χ0v) is 9.67. The van der Waals surface area contributed by atoms with Crippen molar-refractivity contribution in [2.75, 3.05) is 27.1 Å². The molecule has 0 aliphatic heterocycles. The first kappa shape index (κ1) is 16.2. The van der Waals surface area contributed by atoms with E-state index in [9.17, 15) is 26.5 Å². The molecule has 0 unspecified atom stereocenters. The molecule has 0 N–H and O–H groups in total. The SMILES string of the molecule is COCOCCCOC(=O)C(F)(F)S(=O)(=O)[O-]. The van der Waals surface area contributed by atoms with Gasteiger partial charge in [0.15, 0.2) is 10.1 Å². The number of esters is 1. The molecule has 17 heavy (non-hydrogen) atoms. The van der Waals surface area contributed by atoms with Gasteiger partial charge in [-0.3, -0.25) is 0 Å². The number of ether oxygens (including phenoxy) is 3. The standard InChI is InChI=1S/C7H12F2O7S/c1-14-5-15-3-2-4-16-6(10)7(8,9)17(11,12)13/h2-5H2,1H3,(H,11,12,13)/p-1. The van der Waals surface area contributed by atoms with Gasteiger partial charge < -0.3 is 18.8 Å². The first-order chi connectivity index (χ1) is 7.73. The Labute approximate surface area is 96.4 Å². The van der Waals surface area contributed by atoms with Crippen LogP contribution in [0, 0.1) is 0 Å². The van der Waals surface area contributed by atoms with Crippen LogP contribution in [0.4, 0.5) is 8.78 Å². The molecule has 0 spiro atoms. The Morgan fingerprint density at radius 1 is 1.35 bits per heavy atom. The minimum atomic E-state index is -6.06. The summed E-state index contributed by atoms with van der Waals surface area (Å²) >= 11 is 0. The summed E-state index contributed by atoms with van der Waals surface area (Å²) in [6.45, 7) is -0.441. The van der Waals surface area contributed by atoms with E-state index >= 15 is 0 Å². The largest absolute Gasteiger partial charge is 0.743 e.